The number of hydrogen-bond donors (Lipinski definition) is 2. The minimum atomic E-state index is -0.325. The van der Waals surface area contributed by atoms with E-state index in [1.165, 1.54) is 11.3 Å². The number of aromatic nitrogens is 2. The van der Waals surface area contributed by atoms with E-state index in [-0.39, 0.29) is 5.91 Å². The fraction of sp³-hybridized carbons (Fsp3) is 0.0588. The topological polar surface area (TPSA) is 93.3 Å². The average molecular weight is 337 g/mol. The SMILES string of the molecule is C/N=C/c1ccnc(C(=O)Nc2cc(-c3cncs3)ccc2N)c1. The predicted molar refractivity (Wildman–Crippen MR) is 97.7 cm³/mol. The quantitative estimate of drug-likeness (QED) is 0.565. The Bertz CT molecular complexity index is 890. The highest BCUT2D eigenvalue weighted by Gasteiger charge is 2.11. The molecule has 0 unspecified atom stereocenters. The van der Waals surface area contributed by atoms with Crippen LogP contribution in [-0.4, -0.2) is 29.1 Å². The maximum absolute atomic E-state index is 12.4. The van der Waals surface area contributed by atoms with Gasteiger partial charge in [-0.1, -0.05) is 6.07 Å². The molecule has 1 amide bonds. The van der Waals surface area contributed by atoms with Crippen LogP contribution in [0.1, 0.15) is 16.1 Å². The summed E-state index contributed by atoms with van der Waals surface area (Å²) in [6.45, 7) is 0. The second kappa shape index (κ2) is 7.01. The standard InChI is InChI=1S/C17H15N5OS/c1-19-8-11-4-5-21-15(6-11)17(23)22-14-7-12(2-3-13(14)18)16-9-20-10-24-16/h2-10H,18H2,1H3,(H,22,23)/b19-8+. The van der Waals surface area contributed by atoms with E-state index in [0.717, 1.165) is 16.0 Å². The van der Waals surface area contributed by atoms with Crippen LogP contribution in [0.5, 0.6) is 0 Å². The molecule has 2 aromatic heterocycles. The molecule has 3 N–H and O–H groups in total. The van der Waals surface area contributed by atoms with E-state index < -0.39 is 0 Å². The van der Waals surface area contributed by atoms with Crippen LogP contribution in [0.25, 0.3) is 10.4 Å². The lowest BCUT2D eigenvalue weighted by Gasteiger charge is -2.10. The van der Waals surface area contributed by atoms with Crippen LogP contribution in [0.15, 0.2) is 53.2 Å². The molecule has 7 heteroatoms. The first-order valence-corrected chi connectivity index (χ1v) is 8.03. The molecule has 0 radical (unpaired) electrons. The van der Waals surface area contributed by atoms with Crippen molar-refractivity contribution >= 4 is 34.8 Å². The van der Waals surface area contributed by atoms with Gasteiger partial charge in [-0.15, -0.1) is 11.3 Å². The van der Waals surface area contributed by atoms with Crippen molar-refractivity contribution < 1.29 is 4.79 Å². The number of thiazole rings is 1. The zero-order valence-electron chi connectivity index (χ0n) is 12.9. The normalized spacial score (nSPS) is 10.9. The summed E-state index contributed by atoms with van der Waals surface area (Å²) in [5.41, 5.74) is 10.8. The Hall–Kier alpha value is -3.06. The van der Waals surface area contributed by atoms with Crippen molar-refractivity contribution in [2.75, 3.05) is 18.1 Å². The zero-order valence-corrected chi connectivity index (χ0v) is 13.7. The maximum Gasteiger partial charge on any atom is 0.274 e. The number of anilines is 2. The summed E-state index contributed by atoms with van der Waals surface area (Å²) in [7, 11) is 1.67. The minimum absolute atomic E-state index is 0.301. The highest BCUT2D eigenvalue weighted by atomic mass is 32.1. The third-order valence-electron chi connectivity index (χ3n) is 3.31. The molecule has 3 rings (SSSR count). The van der Waals surface area contributed by atoms with E-state index in [1.807, 2.05) is 12.1 Å². The van der Waals surface area contributed by atoms with E-state index in [0.29, 0.717) is 17.1 Å². The summed E-state index contributed by atoms with van der Waals surface area (Å²) < 4.78 is 0. The number of pyridine rings is 1. The van der Waals surface area contributed by atoms with Crippen LogP contribution in [-0.2, 0) is 0 Å². The molecule has 6 nitrogen and oxygen atoms in total. The number of nitrogen functional groups attached to an aromatic ring is 1. The molecule has 0 aliphatic carbocycles. The van der Waals surface area contributed by atoms with Crippen molar-refractivity contribution in [3.05, 3.63) is 59.5 Å². The number of hydrogen-bond acceptors (Lipinski definition) is 6. The first-order valence-electron chi connectivity index (χ1n) is 7.15. The van der Waals surface area contributed by atoms with Crippen molar-refractivity contribution in [3.8, 4) is 10.4 Å². The maximum atomic E-state index is 12.4. The van der Waals surface area contributed by atoms with Crippen molar-refractivity contribution in [1.29, 1.82) is 0 Å². The van der Waals surface area contributed by atoms with Gasteiger partial charge in [-0.2, -0.15) is 0 Å². The second-order valence-corrected chi connectivity index (χ2v) is 5.87. The van der Waals surface area contributed by atoms with Gasteiger partial charge >= 0.3 is 0 Å². The number of nitrogens with two attached hydrogens (primary N) is 1. The second-order valence-electron chi connectivity index (χ2n) is 4.98. The largest absolute Gasteiger partial charge is 0.397 e. The zero-order chi connectivity index (χ0) is 16.9. The molecule has 0 aliphatic heterocycles. The molecule has 0 aliphatic rings. The minimum Gasteiger partial charge on any atom is -0.397 e. The third kappa shape index (κ3) is 3.47. The molecule has 3 aromatic rings. The molecule has 1 aromatic carbocycles. The monoisotopic (exact) mass is 337 g/mol. The highest BCUT2D eigenvalue weighted by molar-refractivity contribution is 7.13. The summed E-state index contributed by atoms with van der Waals surface area (Å²) in [6, 6.07) is 8.94. The number of nitrogens with one attached hydrogen (secondary N) is 1. The van der Waals surface area contributed by atoms with E-state index in [2.05, 4.69) is 20.3 Å². The van der Waals surface area contributed by atoms with Crippen LogP contribution >= 0.6 is 11.3 Å². The van der Waals surface area contributed by atoms with Crippen molar-refractivity contribution in [2.24, 2.45) is 4.99 Å². The Kier molecular flexibility index (Phi) is 4.62. The Balaban J connectivity index is 1.86. The Morgan fingerprint density at radius 1 is 1.33 bits per heavy atom. The summed E-state index contributed by atoms with van der Waals surface area (Å²) in [5.74, 6) is -0.325. The Morgan fingerprint density at radius 3 is 2.96 bits per heavy atom. The molecule has 0 saturated carbocycles. The molecule has 0 bridgehead atoms. The Labute approximate surface area is 143 Å². The summed E-state index contributed by atoms with van der Waals surface area (Å²) in [6.07, 6.45) is 5.01. The van der Waals surface area contributed by atoms with Crippen molar-refractivity contribution in [2.45, 2.75) is 0 Å². The lowest BCUT2D eigenvalue weighted by molar-refractivity contribution is 0.102. The van der Waals surface area contributed by atoms with Gasteiger partial charge in [0.1, 0.15) is 5.69 Å². The molecule has 0 saturated heterocycles. The first-order chi connectivity index (χ1) is 11.7. The lowest BCUT2D eigenvalue weighted by atomic mass is 10.1. The van der Waals surface area contributed by atoms with Gasteiger partial charge in [-0.25, -0.2) is 0 Å². The number of carbonyl (C=O) groups excluding carboxylic acids is 1. The van der Waals surface area contributed by atoms with Gasteiger partial charge in [0.05, 0.1) is 21.8 Å². The number of aliphatic imine (C=N–C) groups is 1. The van der Waals surface area contributed by atoms with Gasteiger partial charge in [-0.3, -0.25) is 19.8 Å². The molecule has 0 atom stereocenters. The smallest absolute Gasteiger partial charge is 0.274 e. The fourth-order valence-corrected chi connectivity index (χ4v) is 2.78. The molecule has 0 fully saturated rings. The van der Waals surface area contributed by atoms with Gasteiger partial charge in [0.15, 0.2) is 0 Å². The van der Waals surface area contributed by atoms with E-state index >= 15 is 0 Å². The number of amides is 1. The molecule has 0 spiro atoms. The highest BCUT2D eigenvalue weighted by Crippen LogP contribution is 2.29. The van der Waals surface area contributed by atoms with E-state index in [1.54, 1.807) is 49.4 Å². The fourth-order valence-electron chi connectivity index (χ4n) is 2.16. The summed E-state index contributed by atoms with van der Waals surface area (Å²) in [5, 5.41) is 2.81. The number of rotatable bonds is 4. The van der Waals surface area contributed by atoms with Crippen molar-refractivity contribution in [1.82, 2.24) is 9.97 Å². The first kappa shape index (κ1) is 15.8. The van der Waals surface area contributed by atoms with Crippen LogP contribution in [0, 0.1) is 0 Å². The lowest BCUT2D eigenvalue weighted by Crippen LogP contribution is -2.15. The van der Waals surface area contributed by atoms with Gasteiger partial charge in [0.2, 0.25) is 0 Å². The summed E-state index contributed by atoms with van der Waals surface area (Å²) >= 11 is 1.52. The Morgan fingerprint density at radius 2 is 2.21 bits per heavy atom. The van der Waals surface area contributed by atoms with Gasteiger partial charge < -0.3 is 11.1 Å². The molecule has 24 heavy (non-hydrogen) atoms. The number of nitrogens with zero attached hydrogens (tertiary/aromatic N) is 3. The predicted octanol–water partition coefficient (Wildman–Crippen LogP) is 3.09. The molecule has 120 valence electrons. The molecular formula is C17H15N5OS. The van der Waals surface area contributed by atoms with Gasteiger partial charge in [-0.05, 0) is 35.4 Å². The third-order valence-corrected chi connectivity index (χ3v) is 4.14. The number of benzene rings is 1. The van der Waals surface area contributed by atoms with Crippen LogP contribution in [0.4, 0.5) is 11.4 Å². The summed E-state index contributed by atoms with van der Waals surface area (Å²) in [4.78, 5) is 25.5. The van der Waals surface area contributed by atoms with E-state index in [9.17, 15) is 4.79 Å². The van der Waals surface area contributed by atoms with Crippen LogP contribution in [0.3, 0.4) is 0 Å². The number of carbonyl (C=O) groups is 1. The average Bonchev–Trinajstić information content (AvgIpc) is 3.12. The molecule has 2 heterocycles. The van der Waals surface area contributed by atoms with E-state index in [4.69, 9.17) is 5.73 Å². The van der Waals surface area contributed by atoms with Crippen molar-refractivity contribution in [3.63, 3.8) is 0 Å². The van der Waals surface area contributed by atoms with Crippen LogP contribution in [0.2, 0.25) is 0 Å². The van der Waals surface area contributed by atoms with Crippen LogP contribution < -0.4 is 11.1 Å². The molecular weight excluding hydrogens is 322 g/mol. The van der Waals surface area contributed by atoms with Gasteiger partial charge in [0, 0.05) is 25.7 Å². The van der Waals surface area contributed by atoms with Gasteiger partial charge in [0.25, 0.3) is 5.91 Å².